The van der Waals surface area contributed by atoms with E-state index >= 15 is 0 Å². The molecule has 1 aliphatic rings. The van der Waals surface area contributed by atoms with Crippen molar-refractivity contribution in [1.82, 2.24) is 0 Å². The highest BCUT2D eigenvalue weighted by Crippen LogP contribution is 2.65. The topological polar surface area (TPSA) is 0 Å². The molecule has 0 bridgehead atoms. The van der Waals surface area contributed by atoms with E-state index in [9.17, 15) is 0 Å². The Kier molecular flexibility index (Phi) is 3.67. The molecule has 0 unspecified atom stereocenters. The van der Waals surface area contributed by atoms with Crippen LogP contribution in [-0.2, 0) is 6.42 Å². The SMILES string of the molecule is C[C@@]1(C#CC#CCc2ccccc2)CC1(Br)Br. The fraction of sp³-hybridized carbons (Fsp3) is 0.333. The van der Waals surface area contributed by atoms with E-state index in [1.165, 1.54) is 5.56 Å². The Morgan fingerprint density at radius 2 is 1.82 bits per heavy atom. The Bertz CT molecular complexity index is 523. The van der Waals surface area contributed by atoms with Gasteiger partial charge < -0.3 is 0 Å². The third-order valence-corrected chi connectivity index (χ3v) is 5.19. The molecule has 1 aromatic rings. The van der Waals surface area contributed by atoms with Crippen molar-refractivity contribution in [2.75, 3.05) is 0 Å². The average Bonchev–Trinajstić information content (AvgIpc) is 2.79. The first-order valence-electron chi connectivity index (χ1n) is 5.45. The van der Waals surface area contributed by atoms with Crippen molar-refractivity contribution < 1.29 is 0 Å². The van der Waals surface area contributed by atoms with Gasteiger partial charge in [0, 0.05) is 6.42 Å². The lowest BCUT2D eigenvalue weighted by Gasteiger charge is -2.00. The molecule has 1 atom stereocenters. The Balaban J connectivity index is 1.91. The van der Waals surface area contributed by atoms with Gasteiger partial charge in [0.2, 0.25) is 0 Å². The van der Waals surface area contributed by atoms with E-state index in [0.717, 1.165) is 12.8 Å². The summed E-state index contributed by atoms with van der Waals surface area (Å²) in [5.74, 6) is 12.1. The number of hydrogen-bond acceptors (Lipinski definition) is 0. The molecule has 0 heterocycles. The lowest BCUT2D eigenvalue weighted by molar-refractivity contribution is 0.782. The number of alkyl halides is 2. The summed E-state index contributed by atoms with van der Waals surface area (Å²) in [7, 11) is 0. The first kappa shape index (κ1) is 12.7. The molecule has 0 aromatic heterocycles. The van der Waals surface area contributed by atoms with E-state index in [-0.39, 0.29) is 8.65 Å². The summed E-state index contributed by atoms with van der Waals surface area (Å²) in [6.07, 6.45) is 1.79. The third-order valence-electron chi connectivity index (χ3n) is 2.88. The van der Waals surface area contributed by atoms with E-state index in [4.69, 9.17) is 0 Å². The van der Waals surface area contributed by atoms with Crippen LogP contribution in [0.15, 0.2) is 30.3 Å². The number of benzene rings is 1. The molecule has 0 aliphatic heterocycles. The molecule has 1 aromatic carbocycles. The predicted molar refractivity (Wildman–Crippen MR) is 79.0 cm³/mol. The molecule has 1 fully saturated rings. The molecular weight excluding hydrogens is 340 g/mol. The zero-order valence-electron chi connectivity index (χ0n) is 9.56. The summed E-state index contributed by atoms with van der Waals surface area (Å²) in [5.41, 5.74) is 1.25. The molecule has 2 heteroatoms. The summed E-state index contributed by atoms with van der Waals surface area (Å²) in [4.78, 5) is 0. The molecule has 0 N–H and O–H groups in total. The van der Waals surface area contributed by atoms with Crippen LogP contribution in [-0.4, -0.2) is 3.23 Å². The first-order chi connectivity index (χ1) is 8.04. The second-order valence-electron chi connectivity index (χ2n) is 4.43. The maximum atomic E-state index is 3.58. The second-order valence-corrected chi connectivity index (χ2v) is 8.20. The lowest BCUT2D eigenvalue weighted by atomic mass is 10.1. The first-order valence-corrected chi connectivity index (χ1v) is 7.04. The molecule has 17 heavy (non-hydrogen) atoms. The fourth-order valence-corrected chi connectivity index (χ4v) is 2.81. The highest BCUT2D eigenvalue weighted by atomic mass is 79.9. The molecule has 1 aliphatic carbocycles. The van der Waals surface area contributed by atoms with Crippen molar-refractivity contribution in [2.45, 2.75) is 23.0 Å². The molecule has 2 rings (SSSR count). The van der Waals surface area contributed by atoms with Crippen molar-refractivity contribution >= 4 is 31.9 Å². The van der Waals surface area contributed by atoms with Crippen LogP contribution in [0.25, 0.3) is 0 Å². The molecule has 0 nitrogen and oxygen atoms in total. The van der Waals surface area contributed by atoms with Crippen LogP contribution in [0, 0.1) is 29.1 Å². The van der Waals surface area contributed by atoms with E-state index in [1.807, 2.05) is 18.2 Å². The van der Waals surface area contributed by atoms with Gasteiger partial charge in [0.05, 0.1) is 8.65 Å². The summed E-state index contributed by atoms with van der Waals surface area (Å²) < 4.78 is 0.00110. The van der Waals surface area contributed by atoms with Crippen LogP contribution in [0.3, 0.4) is 0 Å². The number of rotatable bonds is 1. The lowest BCUT2D eigenvalue weighted by Crippen LogP contribution is -1.98. The van der Waals surface area contributed by atoms with Crippen LogP contribution < -0.4 is 0 Å². The maximum Gasteiger partial charge on any atom is 0.0983 e. The minimum atomic E-state index is 0.00110. The molecule has 0 spiro atoms. The van der Waals surface area contributed by atoms with Gasteiger partial charge >= 0.3 is 0 Å². The zero-order valence-corrected chi connectivity index (χ0v) is 12.7. The minimum Gasteiger partial charge on any atom is -0.0843 e. The predicted octanol–water partition coefficient (Wildman–Crippen LogP) is 4.13. The largest absolute Gasteiger partial charge is 0.0983 e. The molecule has 1 saturated carbocycles. The minimum absolute atomic E-state index is 0.00110. The van der Waals surface area contributed by atoms with Crippen molar-refractivity contribution in [2.24, 2.45) is 5.41 Å². The van der Waals surface area contributed by atoms with Gasteiger partial charge in [-0.2, -0.15) is 0 Å². The van der Waals surface area contributed by atoms with Crippen molar-refractivity contribution in [1.29, 1.82) is 0 Å². The van der Waals surface area contributed by atoms with E-state index in [1.54, 1.807) is 0 Å². The van der Waals surface area contributed by atoms with Gasteiger partial charge in [0.25, 0.3) is 0 Å². The van der Waals surface area contributed by atoms with Crippen LogP contribution in [0.1, 0.15) is 18.9 Å². The van der Waals surface area contributed by atoms with Gasteiger partial charge in [-0.05, 0) is 30.7 Å². The summed E-state index contributed by atoms with van der Waals surface area (Å²) in [5, 5.41) is 0. The maximum absolute atomic E-state index is 3.58. The van der Waals surface area contributed by atoms with Crippen molar-refractivity contribution in [3.05, 3.63) is 35.9 Å². The average molecular weight is 352 g/mol. The Labute approximate surface area is 119 Å². The van der Waals surface area contributed by atoms with E-state index in [2.05, 4.69) is 74.6 Å². The highest BCUT2D eigenvalue weighted by molar-refractivity contribution is 9.25. The van der Waals surface area contributed by atoms with Gasteiger partial charge in [0.15, 0.2) is 0 Å². The van der Waals surface area contributed by atoms with E-state index < -0.39 is 0 Å². The van der Waals surface area contributed by atoms with Crippen molar-refractivity contribution in [3.8, 4) is 23.7 Å². The second kappa shape index (κ2) is 4.89. The van der Waals surface area contributed by atoms with Gasteiger partial charge in [-0.25, -0.2) is 0 Å². The standard InChI is InChI=1S/C15H12Br2/c1-14(12-15(14,16)17)11-7-3-6-10-13-8-4-2-5-9-13/h2,4-5,8-9H,10,12H2,1H3/t14-/m1/s1. The Hall–Kier alpha value is -0.700. The van der Waals surface area contributed by atoms with Crippen LogP contribution in [0.2, 0.25) is 0 Å². The Morgan fingerprint density at radius 1 is 1.18 bits per heavy atom. The van der Waals surface area contributed by atoms with E-state index in [0.29, 0.717) is 0 Å². The van der Waals surface area contributed by atoms with Gasteiger partial charge in [0.1, 0.15) is 0 Å². The van der Waals surface area contributed by atoms with Crippen molar-refractivity contribution in [3.63, 3.8) is 0 Å². The quantitative estimate of drug-likeness (QED) is 0.527. The summed E-state index contributed by atoms with van der Waals surface area (Å²) >= 11 is 7.16. The molecule has 86 valence electrons. The normalized spacial score (nSPS) is 23.9. The fourth-order valence-electron chi connectivity index (χ4n) is 1.49. The summed E-state index contributed by atoms with van der Waals surface area (Å²) in [6, 6.07) is 10.2. The van der Waals surface area contributed by atoms with Gasteiger partial charge in [-0.1, -0.05) is 74.0 Å². The molecule has 0 radical (unpaired) electrons. The number of halogens is 2. The van der Waals surface area contributed by atoms with Gasteiger partial charge in [-0.3, -0.25) is 0 Å². The number of hydrogen-bond donors (Lipinski definition) is 0. The zero-order chi connectivity index (χ0) is 12.4. The van der Waals surface area contributed by atoms with Crippen LogP contribution >= 0.6 is 31.9 Å². The smallest absolute Gasteiger partial charge is 0.0843 e. The van der Waals surface area contributed by atoms with Crippen LogP contribution in [0.4, 0.5) is 0 Å². The highest BCUT2D eigenvalue weighted by Gasteiger charge is 2.61. The van der Waals surface area contributed by atoms with Gasteiger partial charge in [-0.15, -0.1) is 0 Å². The monoisotopic (exact) mass is 350 g/mol. The van der Waals surface area contributed by atoms with Crippen LogP contribution in [0.5, 0.6) is 0 Å². The molecular formula is C15H12Br2. The molecule has 0 saturated heterocycles. The molecule has 0 amide bonds. The summed E-state index contributed by atoms with van der Waals surface area (Å²) in [6.45, 7) is 2.13. The Morgan fingerprint density at radius 3 is 2.41 bits per heavy atom. The third kappa shape index (κ3) is 3.15.